The van der Waals surface area contributed by atoms with Gasteiger partial charge in [-0.05, 0) is 39.8 Å². The summed E-state index contributed by atoms with van der Waals surface area (Å²) in [5.74, 6) is -0.798. The van der Waals surface area contributed by atoms with Crippen LogP contribution >= 0.6 is 0 Å². The van der Waals surface area contributed by atoms with Crippen molar-refractivity contribution < 1.29 is 14.6 Å². The highest BCUT2D eigenvalue weighted by molar-refractivity contribution is 5.70. The van der Waals surface area contributed by atoms with E-state index in [-0.39, 0.29) is 12.0 Å². The van der Waals surface area contributed by atoms with Crippen molar-refractivity contribution in [3.05, 3.63) is 0 Å². The number of carbonyl (C=O) groups is 1. The van der Waals surface area contributed by atoms with Gasteiger partial charge in [-0.25, -0.2) is 0 Å². The van der Waals surface area contributed by atoms with Crippen LogP contribution in [-0.4, -0.2) is 48.3 Å². The van der Waals surface area contributed by atoms with E-state index in [2.05, 4.69) is 11.8 Å². The van der Waals surface area contributed by atoms with Crippen molar-refractivity contribution in [1.82, 2.24) is 4.90 Å². The highest BCUT2D eigenvalue weighted by Gasteiger charge is 2.28. The molecule has 0 spiro atoms. The molecule has 0 saturated carbocycles. The Hall–Kier alpha value is -0.610. The Labute approximate surface area is 91.2 Å². The Morgan fingerprint density at radius 1 is 1.40 bits per heavy atom. The van der Waals surface area contributed by atoms with Crippen molar-refractivity contribution in [2.45, 2.75) is 38.8 Å². The van der Waals surface area contributed by atoms with Crippen molar-refractivity contribution in [1.29, 1.82) is 0 Å². The minimum absolute atomic E-state index is 0.147. The highest BCUT2D eigenvalue weighted by Crippen LogP contribution is 2.20. The molecule has 0 amide bonds. The van der Waals surface area contributed by atoms with E-state index < -0.39 is 5.97 Å². The van der Waals surface area contributed by atoms with E-state index in [9.17, 15) is 4.79 Å². The normalized spacial score (nSPS) is 23.7. The number of nitrogens with zero attached hydrogens (tertiary/aromatic N) is 1. The number of carboxylic acids is 1. The molecule has 2 atom stereocenters. The lowest BCUT2D eigenvalue weighted by molar-refractivity contribution is -0.143. The molecule has 0 bridgehead atoms. The Bertz CT molecular complexity index is 212. The van der Waals surface area contributed by atoms with Crippen LogP contribution in [0, 0.1) is 5.92 Å². The minimum atomic E-state index is -0.651. The van der Waals surface area contributed by atoms with Gasteiger partial charge in [-0.2, -0.15) is 0 Å². The van der Waals surface area contributed by atoms with Gasteiger partial charge in [0.15, 0.2) is 0 Å². The number of hydrogen-bond donors (Lipinski definition) is 1. The van der Waals surface area contributed by atoms with Gasteiger partial charge < -0.3 is 9.84 Å². The van der Waals surface area contributed by atoms with Gasteiger partial charge in [0.1, 0.15) is 0 Å². The average Bonchev–Trinajstić information content (AvgIpc) is 2.27. The van der Waals surface area contributed by atoms with Crippen LogP contribution in [0.4, 0.5) is 0 Å². The van der Waals surface area contributed by atoms with E-state index in [1.165, 1.54) is 0 Å². The number of ether oxygens (including phenoxy) is 1. The second-order valence-corrected chi connectivity index (χ2v) is 4.33. The maximum Gasteiger partial charge on any atom is 0.306 e. The summed E-state index contributed by atoms with van der Waals surface area (Å²) >= 11 is 0. The summed E-state index contributed by atoms with van der Waals surface area (Å²) in [6.07, 6.45) is 1.72. The van der Waals surface area contributed by atoms with Gasteiger partial charge in [-0.1, -0.05) is 0 Å². The maximum absolute atomic E-state index is 10.8. The molecule has 1 N–H and O–H groups in total. The summed E-state index contributed by atoms with van der Waals surface area (Å²) < 4.78 is 5.28. The number of hydrogen-bond acceptors (Lipinski definition) is 3. The van der Waals surface area contributed by atoms with Crippen molar-refractivity contribution in [2.24, 2.45) is 5.92 Å². The molecule has 0 radical (unpaired) electrons. The van der Waals surface area contributed by atoms with E-state index in [0.29, 0.717) is 6.04 Å². The smallest absolute Gasteiger partial charge is 0.306 e. The van der Waals surface area contributed by atoms with Gasteiger partial charge >= 0.3 is 5.97 Å². The van der Waals surface area contributed by atoms with Gasteiger partial charge in [0.25, 0.3) is 0 Å². The average molecular weight is 215 g/mol. The fraction of sp³-hybridized carbons (Fsp3) is 0.909. The van der Waals surface area contributed by atoms with E-state index in [0.717, 1.165) is 25.9 Å². The molecule has 0 aromatic rings. The lowest BCUT2D eigenvalue weighted by Crippen LogP contribution is -2.46. The van der Waals surface area contributed by atoms with Gasteiger partial charge in [-0.15, -0.1) is 0 Å². The van der Waals surface area contributed by atoms with Gasteiger partial charge in [0.2, 0.25) is 0 Å². The molecule has 1 fully saturated rings. The molecule has 4 nitrogen and oxygen atoms in total. The summed E-state index contributed by atoms with van der Waals surface area (Å²) in [5.41, 5.74) is 0. The molecular weight excluding hydrogens is 194 g/mol. The first-order valence-corrected chi connectivity index (χ1v) is 5.56. The molecule has 0 aromatic carbocycles. The molecule has 1 saturated heterocycles. The van der Waals surface area contributed by atoms with Gasteiger partial charge in [0, 0.05) is 13.2 Å². The fourth-order valence-corrected chi connectivity index (χ4v) is 2.05. The second-order valence-electron chi connectivity index (χ2n) is 4.33. The summed E-state index contributed by atoms with van der Waals surface area (Å²) in [7, 11) is 1.71. The fourth-order valence-electron chi connectivity index (χ4n) is 2.05. The third-order valence-corrected chi connectivity index (χ3v) is 3.51. The first kappa shape index (κ1) is 12.5. The maximum atomic E-state index is 10.8. The van der Waals surface area contributed by atoms with E-state index in [4.69, 9.17) is 9.84 Å². The molecule has 4 heteroatoms. The van der Waals surface area contributed by atoms with Crippen LogP contribution in [-0.2, 0) is 9.53 Å². The van der Waals surface area contributed by atoms with Crippen molar-refractivity contribution in [2.75, 3.05) is 20.2 Å². The molecule has 88 valence electrons. The first-order valence-electron chi connectivity index (χ1n) is 5.56. The topological polar surface area (TPSA) is 49.8 Å². The van der Waals surface area contributed by atoms with Crippen LogP contribution in [0.25, 0.3) is 0 Å². The van der Waals surface area contributed by atoms with Crippen LogP contribution in [0.1, 0.15) is 26.7 Å². The van der Waals surface area contributed by atoms with Crippen molar-refractivity contribution in [3.63, 3.8) is 0 Å². The standard InChI is InChI=1S/C11H21NO3/c1-8(9(2)15-3)12-6-4-10(5-7-12)11(13)14/h8-10H,4-7H2,1-3H3,(H,13,14). The predicted molar refractivity (Wildman–Crippen MR) is 57.9 cm³/mol. The van der Waals surface area contributed by atoms with E-state index in [1.807, 2.05) is 6.92 Å². The largest absolute Gasteiger partial charge is 0.481 e. The number of rotatable bonds is 4. The van der Waals surface area contributed by atoms with Crippen LogP contribution in [0.2, 0.25) is 0 Å². The zero-order valence-corrected chi connectivity index (χ0v) is 9.77. The Morgan fingerprint density at radius 2 is 1.93 bits per heavy atom. The third-order valence-electron chi connectivity index (χ3n) is 3.51. The molecule has 0 aromatic heterocycles. The number of methoxy groups -OCH3 is 1. The highest BCUT2D eigenvalue weighted by atomic mass is 16.5. The summed E-state index contributed by atoms with van der Waals surface area (Å²) in [6.45, 7) is 5.92. The van der Waals surface area contributed by atoms with Crippen LogP contribution in [0.15, 0.2) is 0 Å². The molecule has 1 heterocycles. The summed E-state index contributed by atoms with van der Waals surface area (Å²) in [6, 6.07) is 0.366. The predicted octanol–water partition coefficient (Wildman–Crippen LogP) is 1.21. The van der Waals surface area contributed by atoms with Crippen LogP contribution in [0.3, 0.4) is 0 Å². The number of piperidine rings is 1. The molecule has 1 aliphatic heterocycles. The Balaban J connectivity index is 2.40. The quantitative estimate of drug-likeness (QED) is 0.765. The zero-order valence-electron chi connectivity index (χ0n) is 9.77. The third kappa shape index (κ3) is 3.18. The summed E-state index contributed by atoms with van der Waals surface area (Å²) in [5, 5.41) is 8.88. The first-order chi connectivity index (χ1) is 7.06. The zero-order chi connectivity index (χ0) is 11.4. The molecule has 1 rings (SSSR count). The molecule has 0 aliphatic carbocycles. The Kier molecular flexibility index (Phi) is 4.54. The lowest BCUT2D eigenvalue weighted by Gasteiger charge is -2.36. The summed E-state index contributed by atoms with van der Waals surface area (Å²) in [4.78, 5) is 13.1. The van der Waals surface area contributed by atoms with Gasteiger partial charge in [0.05, 0.1) is 12.0 Å². The van der Waals surface area contributed by atoms with E-state index in [1.54, 1.807) is 7.11 Å². The lowest BCUT2D eigenvalue weighted by atomic mass is 9.95. The minimum Gasteiger partial charge on any atom is -0.481 e. The van der Waals surface area contributed by atoms with Crippen LogP contribution < -0.4 is 0 Å². The van der Waals surface area contributed by atoms with E-state index >= 15 is 0 Å². The number of likely N-dealkylation sites (tertiary alicyclic amines) is 1. The van der Waals surface area contributed by atoms with Crippen molar-refractivity contribution >= 4 is 5.97 Å². The number of carboxylic acid groups (broad SMARTS) is 1. The van der Waals surface area contributed by atoms with Crippen molar-refractivity contribution in [3.8, 4) is 0 Å². The van der Waals surface area contributed by atoms with Crippen LogP contribution in [0.5, 0.6) is 0 Å². The van der Waals surface area contributed by atoms with Gasteiger partial charge in [-0.3, -0.25) is 9.69 Å². The number of aliphatic carboxylic acids is 1. The SMILES string of the molecule is COC(C)C(C)N1CCC(C(=O)O)CC1. The molecular formula is C11H21NO3. The Morgan fingerprint density at radius 3 is 2.33 bits per heavy atom. The molecule has 15 heavy (non-hydrogen) atoms. The molecule has 1 aliphatic rings. The second kappa shape index (κ2) is 5.47. The molecule has 2 unspecified atom stereocenters. The monoisotopic (exact) mass is 215 g/mol.